The highest BCUT2D eigenvalue weighted by Crippen LogP contribution is 2.19. The number of unbranched alkanes of at least 4 members (excludes halogenated alkanes) is 56. The molecule has 0 rings (SSSR count). The Balaban J connectivity index is 4.24. The van der Waals surface area contributed by atoms with E-state index in [1.807, 2.05) is 0 Å². The van der Waals surface area contributed by atoms with Gasteiger partial charge in [-0.3, -0.25) is 14.4 Å². The van der Waals surface area contributed by atoms with E-state index in [9.17, 15) is 14.4 Å². The number of ether oxygens (including phenoxy) is 3. The summed E-state index contributed by atoms with van der Waals surface area (Å²) in [5, 5.41) is 0. The Morgan fingerprint density at radius 1 is 0.229 bits per heavy atom. The topological polar surface area (TPSA) is 78.9 Å². The Bertz CT molecular complexity index is 1340. The number of esters is 3. The minimum Gasteiger partial charge on any atom is -0.462 e. The molecule has 1 atom stereocenters. The Labute approximate surface area is 519 Å². The Morgan fingerprint density at radius 3 is 0.602 bits per heavy atom. The van der Waals surface area contributed by atoms with Crippen LogP contribution in [-0.2, 0) is 28.6 Å². The fourth-order valence-corrected chi connectivity index (χ4v) is 11.7. The number of hydrogen-bond donors (Lipinski definition) is 0. The Kier molecular flexibility index (Phi) is 70.5. The molecule has 0 aromatic rings. The highest BCUT2D eigenvalue weighted by Gasteiger charge is 2.20. The van der Waals surface area contributed by atoms with Gasteiger partial charge in [0.1, 0.15) is 13.2 Å². The summed E-state index contributed by atoms with van der Waals surface area (Å²) < 4.78 is 17.0. The fraction of sp³-hybridized carbons (Fsp3) is 0.909. The van der Waals surface area contributed by atoms with E-state index in [-0.39, 0.29) is 31.1 Å². The van der Waals surface area contributed by atoms with Crippen molar-refractivity contribution in [1.82, 2.24) is 0 Å². The predicted octanol–water partition coefficient (Wildman–Crippen LogP) is 26.1. The number of carbonyl (C=O) groups excluding carboxylic acids is 3. The van der Waals surface area contributed by atoms with E-state index in [0.29, 0.717) is 19.3 Å². The predicted molar refractivity (Wildman–Crippen MR) is 363 cm³/mol. The van der Waals surface area contributed by atoms with Gasteiger partial charge in [-0.15, -0.1) is 0 Å². The molecule has 0 aliphatic rings. The molecular formula is C77H146O6. The quantitative estimate of drug-likeness (QED) is 0.0261. The molecule has 0 aromatic carbocycles. The van der Waals surface area contributed by atoms with Crippen molar-refractivity contribution in [2.45, 2.75) is 438 Å². The van der Waals surface area contributed by atoms with Gasteiger partial charge in [-0.2, -0.15) is 0 Å². The maximum atomic E-state index is 13.0. The minimum absolute atomic E-state index is 0.0674. The van der Waals surface area contributed by atoms with Crippen LogP contribution in [0.3, 0.4) is 0 Å². The lowest BCUT2D eigenvalue weighted by atomic mass is 10.0. The van der Waals surface area contributed by atoms with Crippen LogP contribution < -0.4 is 0 Å². The maximum absolute atomic E-state index is 13.0. The summed E-state index contributed by atoms with van der Waals surface area (Å²) >= 11 is 0. The van der Waals surface area contributed by atoms with Crippen molar-refractivity contribution in [3.63, 3.8) is 0 Å². The summed E-state index contributed by atoms with van der Waals surface area (Å²) in [6, 6.07) is 0. The molecule has 0 saturated carbocycles. The van der Waals surface area contributed by atoms with E-state index < -0.39 is 6.10 Å². The molecule has 0 aliphatic carbocycles. The number of carbonyl (C=O) groups is 3. The van der Waals surface area contributed by atoms with Gasteiger partial charge in [0.2, 0.25) is 0 Å². The van der Waals surface area contributed by atoms with Gasteiger partial charge in [0.05, 0.1) is 0 Å². The highest BCUT2D eigenvalue weighted by atomic mass is 16.6. The molecular weight excluding hydrogens is 1020 g/mol. The largest absolute Gasteiger partial charge is 0.462 e. The number of allylic oxidation sites excluding steroid dienone is 4. The van der Waals surface area contributed by atoms with Gasteiger partial charge >= 0.3 is 17.9 Å². The number of rotatable bonds is 71. The summed E-state index contributed by atoms with van der Waals surface area (Å²) in [7, 11) is 0. The Hall–Kier alpha value is -2.11. The van der Waals surface area contributed by atoms with E-state index in [0.717, 1.165) is 64.2 Å². The van der Waals surface area contributed by atoms with Gasteiger partial charge < -0.3 is 14.2 Å². The summed E-state index contributed by atoms with van der Waals surface area (Å²) in [5.41, 5.74) is 0. The van der Waals surface area contributed by atoms with Crippen molar-refractivity contribution in [2.24, 2.45) is 0 Å². The van der Waals surface area contributed by atoms with Gasteiger partial charge in [0.25, 0.3) is 0 Å². The molecule has 0 spiro atoms. The van der Waals surface area contributed by atoms with Gasteiger partial charge in [-0.05, 0) is 70.6 Å². The number of hydrogen-bond acceptors (Lipinski definition) is 6. The SMILES string of the molecule is CCCCCCCCC/C=C\CCCCCCCC(=O)OCC(COC(=O)CCCCCCCCCCCCCCCCC/C=C\CCCCCCCCCC)OC(=O)CCCCCCCCCCCCCCCCCCCCCCCC. The summed E-state index contributed by atoms with van der Waals surface area (Å²) in [6.45, 7) is 6.73. The molecule has 6 heteroatoms. The molecule has 0 fully saturated rings. The first kappa shape index (κ1) is 80.9. The molecule has 0 aromatic heterocycles. The van der Waals surface area contributed by atoms with Crippen molar-refractivity contribution >= 4 is 17.9 Å². The van der Waals surface area contributed by atoms with Gasteiger partial charge in [0, 0.05) is 19.3 Å². The zero-order chi connectivity index (χ0) is 59.9. The van der Waals surface area contributed by atoms with E-state index >= 15 is 0 Å². The molecule has 83 heavy (non-hydrogen) atoms. The minimum atomic E-state index is -0.773. The van der Waals surface area contributed by atoms with Crippen molar-refractivity contribution in [2.75, 3.05) is 13.2 Å². The third kappa shape index (κ3) is 70.5. The summed E-state index contributed by atoms with van der Waals surface area (Å²) in [4.78, 5) is 38.5. The molecule has 6 nitrogen and oxygen atoms in total. The first-order valence-corrected chi connectivity index (χ1v) is 37.8. The Morgan fingerprint density at radius 2 is 0.398 bits per heavy atom. The molecule has 0 saturated heterocycles. The van der Waals surface area contributed by atoms with Crippen LogP contribution in [0.15, 0.2) is 24.3 Å². The van der Waals surface area contributed by atoms with Crippen LogP contribution in [0, 0.1) is 0 Å². The normalized spacial score (nSPS) is 12.1. The smallest absolute Gasteiger partial charge is 0.306 e. The maximum Gasteiger partial charge on any atom is 0.306 e. The van der Waals surface area contributed by atoms with Crippen LogP contribution in [0.25, 0.3) is 0 Å². The zero-order valence-electron chi connectivity index (χ0n) is 56.5. The first-order valence-electron chi connectivity index (χ1n) is 37.8. The van der Waals surface area contributed by atoms with Crippen LogP contribution in [-0.4, -0.2) is 37.2 Å². The van der Waals surface area contributed by atoms with E-state index in [1.54, 1.807) is 0 Å². The van der Waals surface area contributed by atoms with E-state index in [2.05, 4.69) is 45.1 Å². The monoisotopic (exact) mass is 1170 g/mol. The molecule has 0 aliphatic heterocycles. The van der Waals surface area contributed by atoms with Crippen LogP contribution in [0.4, 0.5) is 0 Å². The fourth-order valence-electron chi connectivity index (χ4n) is 11.7. The second-order valence-corrected chi connectivity index (χ2v) is 25.9. The van der Waals surface area contributed by atoms with Crippen LogP contribution >= 0.6 is 0 Å². The van der Waals surface area contributed by atoms with E-state index in [1.165, 1.54) is 327 Å². The average molecular weight is 1170 g/mol. The average Bonchev–Trinajstić information content (AvgIpc) is 3.50. The molecule has 490 valence electrons. The van der Waals surface area contributed by atoms with Crippen molar-refractivity contribution < 1.29 is 28.6 Å². The standard InChI is InChI=1S/C77H146O6/c1-4-7-10-13-16-19-22-25-28-31-33-35-37-38-39-40-41-43-44-46-49-52-55-58-61-64-67-70-76(79)82-73-74(72-81-75(78)69-66-63-60-57-54-51-48-30-27-24-21-18-15-12-9-6-3)83-77(80)71-68-65-62-59-56-53-50-47-45-42-36-34-32-29-26-23-20-17-14-11-8-5-2/h30-31,33,48,74H,4-29,32,34-47,49-73H2,1-3H3/b33-31-,48-30-. The van der Waals surface area contributed by atoms with Crippen LogP contribution in [0.5, 0.6) is 0 Å². The molecule has 0 N–H and O–H groups in total. The molecule has 1 unspecified atom stereocenters. The lowest BCUT2D eigenvalue weighted by molar-refractivity contribution is -0.167. The highest BCUT2D eigenvalue weighted by molar-refractivity contribution is 5.71. The second kappa shape index (κ2) is 72.4. The first-order chi connectivity index (χ1) is 41.0. The molecule has 0 amide bonds. The second-order valence-electron chi connectivity index (χ2n) is 25.9. The molecule has 0 bridgehead atoms. The third-order valence-corrected chi connectivity index (χ3v) is 17.4. The van der Waals surface area contributed by atoms with Crippen molar-refractivity contribution in [3.05, 3.63) is 24.3 Å². The van der Waals surface area contributed by atoms with Gasteiger partial charge in [0.15, 0.2) is 6.10 Å². The van der Waals surface area contributed by atoms with Crippen molar-refractivity contribution in [1.29, 1.82) is 0 Å². The zero-order valence-corrected chi connectivity index (χ0v) is 56.5. The summed E-state index contributed by atoms with van der Waals surface area (Å²) in [6.07, 6.45) is 89.4. The van der Waals surface area contributed by atoms with Crippen molar-refractivity contribution in [3.8, 4) is 0 Å². The van der Waals surface area contributed by atoms with Gasteiger partial charge in [-0.25, -0.2) is 0 Å². The van der Waals surface area contributed by atoms with Gasteiger partial charge in [-0.1, -0.05) is 366 Å². The third-order valence-electron chi connectivity index (χ3n) is 17.4. The van der Waals surface area contributed by atoms with E-state index in [4.69, 9.17) is 14.2 Å². The lowest BCUT2D eigenvalue weighted by Crippen LogP contribution is -2.30. The summed E-state index contributed by atoms with van der Waals surface area (Å²) in [5.74, 6) is -0.839. The molecule has 0 radical (unpaired) electrons. The molecule has 0 heterocycles. The van der Waals surface area contributed by atoms with Crippen LogP contribution in [0.1, 0.15) is 432 Å². The lowest BCUT2D eigenvalue weighted by Gasteiger charge is -2.18. The van der Waals surface area contributed by atoms with Crippen LogP contribution in [0.2, 0.25) is 0 Å².